The third kappa shape index (κ3) is 2.98. The Kier molecular flexibility index (Phi) is 3.80. The van der Waals surface area contributed by atoms with Crippen molar-refractivity contribution in [3.05, 3.63) is 11.5 Å². The number of nitriles is 1. The van der Waals surface area contributed by atoms with Crippen molar-refractivity contribution in [1.29, 1.82) is 5.26 Å². The Morgan fingerprint density at radius 2 is 1.77 bits per heavy atom. The normalized spacial score (nSPS) is 13.0. The van der Waals surface area contributed by atoms with Crippen molar-refractivity contribution in [2.75, 3.05) is 21.2 Å². The first kappa shape index (κ1) is 11.8. The van der Waals surface area contributed by atoms with Crippen LogP contribution in [0.1, 0.15) is 20.8 Å². The van der Waals surface area contributed by atoms with Crippen molar-refractivity contribution >= 4 is 0 Å². The van der Waals surface area contributed by atoms with Gasteiger partial charge in [-0.05, 0) is 0 Å². The minimum absolute atomic E-state index is 0.176. The molecular weight excluding hydrogens is 164 g/mol. The van der Waals surface area contributed by atoms with Gasteiger partial charge in [0.2, 0.25) is 5.88 Å². The molecule has 0 aliphatic heterocycles. The molecule has 3 heteroatoms. The summed E-state index contributed by atoms with van der Waals surface area (Å²) in [5.41, 5.74) is 0.490. The smallest absolute Gasteiger partial charge is 0.203 e. The number of hydrogen-bond donors (Lipinski definition) is 0. The molecule has 0 rings (SSSR count). The van der Waals surface area contributed by atoms with Gasteiger partial charge < -0.3 is 9.64 Å². The molecule has 0 heterocycles. The van der Waals surface area contributed by atoms with Crippen molar-refractivity contribution < 1.29 is 4.74 Å². The lowest BCUT2D eigenvalue weighted by atomic mass is 9.87. The summed E-state index contributed by atoms with van der Waals surface area (Å²) in [4.78, 5) is 1.81. The Bertz CT molecular complexity index is 241. The van der Waals surface area contributed by atoms with Gasteiger partial charge in [-0.3, -0.25) is 0 Å². The number of ether oxygens (including phenoxy) is 1. The highest BCUT2D eigenvalue weighted by molar-refractivity contribution is 5.29. The summed E-state index contributed by atoms with van der Waals surface area (Å²) in [5, 5.41) is 9.00. The number of nitrogens with zero attached hydrogens (tertiary/aromatic N) is 2. The van der Waals surface area contributed by atoms with Crippen LogP contribution in [-0.4, -0.2) is 26.1 Å². The predicted octanol–water partition coefficient (Wildman–Crippen LogP) is 1.98. The fourth-order valence-electron chi connectivity index (χ4n) is 1.04. The maximum atomic E-state index is 9.00. The SMILES string of the molecule is CO/C(=C(/C#N)C(C)(C)C)N(C)C. The Balaban J connectivity index is 5.23. The van der Waals surface area contributed by atoms with Gasteiger partial charge in [0.1, 0.15) is 6.07 Å². The van der Waals surface area contributed by atoms with Gasteiger partial charge in [0.25, 0.3) is 0 Å². The van der Waals surface area contributed by atoms with E-state index in [0.717, 1.165) is 0 Å². The summed E-state index contributed by atoms with van der Waals surface area (Å²) in [7, 11) is 5.31. The first-order chi connectivity index (χ1) is 5.84. The van der Waals surface area contributed by atoms with Gasteiger partial charge in [-0.2, -0.15) is 5.26 Å². The molecule has 0 aliphatic rings. The van der Waals surface area contributed by atoms with Crippen LogP contribution in [0.3, 0.4) is 0 Å². The average Bonchev–Trinajstić information content (AvgIpc) is 1.96. The Morgan fingerprint density at radius 1 is 1.31 bits per heavy atom. The van der Waals surface area contributed by atoms with Gasteiger partial charge in [0.05, 0.1) is 12.7 Å². The van der Waals surface area contributed by atoms with Crippen molar-refractivity contribution in [1.82, 2.24) is 4.90 Å². The van der Waals surface area contributed by atoms with Crippen LogP contribution in [0.5, 0.6) is 0 Å². The number of allylic oxidation sites excluding steroid dienone is 1. The molecule has 0 bridgehead atoms. The van der Waals surface area contributed by atoms with Gasteiger partial charge in [-0.25, -0.2) is 0 Å². The van der Waals surface area contributed by atoms with Gasteiger partial charge >= 0.3 is 0 Å². The highest BCUT2D eigenvalue weighted by atomic mass is 16.5. The van der Waals surface area contributed by atoms with E-state index in [1.54, 1.807) is 7.11 Å². The molecule has 0 unspecified atom stereocenters. The van der Waals surface area contributed by atoms with Crippen LogP contribution in [0.2, 0.25) is 0 Å². The average molecular weight is 182 g/mol. The van der Waals surface area contributed by atoms with Crippen molar-refractivity contribution in [2.45, 2.75) is 20.8 Å². The van der Waals surface area contributed by atoms with Crippen LogP contribution in [0.4, 0.5) is 0 Å². The molecule has 0 spiro atoms. The van der Waals surface area contributed by atoms with Crippen LogP contribution in [-0.2, 0) is 4.74 Å². The van der Waals surface area contributed by atoms with Crippen LogP contribution in [0.15, 0.2) is 11.5 Å². The Morgan fingerprint density at radius 3 is 1.85 bits per heavy atom. The monoisotopic (exact) mass is 182 g/mol. The second kappa shape index (κ2) is 4.18. The molecule has 0 N–H and O–H groups in total. The van der Waals surface area contributed by atoms with Crippen molar-refractivity contribution in [3.63, 3.8) is 0 Å². The zero-order valence-electron chi connectivity index (χ0n) is 9.30. The van der Waals surface area contributed by atoms with Crippen LogP contribution < -0.4 is 0 Å². The van der Waals surface area contributed by atoms with E-state index in [2.05, 4.69) is 6.07 Å². The lowest BCUT2D eigenvalue weighted by Gasteiger charge is -2.24. The zero-order chi connectivity index (χ0) is 10.6. The number of rotatable bonds is 2. The van der Waals surface area contributed by atoms with Gasteiger partial charge in [-0.1, -0.05) is 20.8 Å². The lowest BCUT2D eigenvalue weighted by Crippen LogP contribution is -2.20. The van der Waals surface area contributed by atoms with E-state index in [1.165, 1.54) is 0 Å². The van der Waals surface area contributed by atoms with E-state index in [4.69, 9.17) is 10.00 Å². The molecule has 13 heavy (non-hydrogen) atoms. The largest absolute Gasteiger partial charge is 0.482 e. The molecular formula is C10H18N2O. The van der Waals surface area contributed by atoms with Gasteiger partial charge in [-0.15, -0.1) is 0 Å². The van der Waals surface area contributed by atoms with Gasteiger partial charge in [0, 0.05) is 19.5 Å². The minimum atomic E-state index is -0.176. The quantitative estimate of drug-likeness (QED) is 0.484. The molecule has 3 nitrogen and oxygen atoms in total. The van der Waals surface area contributed by atoms with Crippen LogP contribution in [0, 0.1) is 16.7 Å². The maximum Gasteiger partial charge on any atom is 0.203 e. The third-order valence-corrected chi connectivity index (χ3v) is 1.68. The summed E-state index contributed by atoms with van der Waals surface area (Å²) in [6, 6.07) is 2.19. The molecule has 0 aromatic rings. The standard InChI is InChI=1S/C10H18N2O/c1-10(2,3)8(7-11)9(13-6)12(4)5/h1-6H3/b9-8-. The Labute approximate surface area is 80.6 Å². The molecule has 0 radical (unpaired) electrons. The zero-order valence-corrected chi connectivity index (χ0v) is 9.30. The second-order valence-electron chi connectivity index (χ2n) is 4.14. The fourth-order valence-corrected chi connectivity index (χ4v) is 1.04. The number of hydrogen-bond acceptors (Lipinski definition) is 3. The Hall–Kier alpha value is -1.17. The van der Waals surface area contributed by atoms with E-state index in [1.807, 2.05) is 39.8 Å². The maximum absolute atomic E-state index is 9.00. The first-order valence-corrected chi connectivity index (χ1v) is 4.20. The van der Waals surface area contributed by atoms with Gasteiger partial charge in [0.15, 0.2) is 0 Å². The van der Waals surface area contributed by atoms with E-state index < -0.39 is 0 Å². The molecule has 0 saturated heterocycles. The van der Waals surface area contributed by atoms with E-state index in [9.17, 15) is 0 Å². The highest BCUT2D eigenvalue weighted by Crippen LogP contribution is 2.28. The molecule has 74 valence electrons. The number of methoxy groups -OCH3 is 1. The van der Waals surface area contributed by atoms with Crippen molar-refractivity contribution in [2.24, 2.45) is 5.41 Å². The predicted molar refractivity (Wildman–Crippen MR) is 52.8 cm³/mol. The molecule has 0 aromatic carbocycles. The van der Waals surface area contributed by atoms with Crippen LogP contribution >= 0.6 is 0 Å². The topological polar surface area (TPSA) is 36.3 Å². The molecule has 0 amide bonds. The lowest BCUT2D eigenvalue weighted by molar-refractivity contribution is 0.183. The van der Waals surface area contributed by atoms with Crippen LogP contribution in [0.25, 0.3) is 0 Å². The molecule has 0 fully saturated rings. The summed E-state index contributed by atoms with van der Waals surface area (Å²) >= 11 is 0. The first-order valence-electron chi connectivity index (χ1n) is 4.20. The van der Waals surface area contributed by atoms with E-state index >= 15 is 0 Å². The van der Waals surface area contributed by atoms with Crippen molar-refractivity contribution in [3.8, 4) is 6.07 Å². The van der Waals surface area contributed by atoms with E-state index in [-0.39, 0.29) is 5.41 Å². The summed E-state index contributed by atoms with van der Waals surface area (Å²) in [6.45, 7) is 5.98. The highest BCUT2D eigenvalue weighted by Gasteiger charge is 2.23. The molecule has 0 aliphatic carbocycles. The summed E-state index contributed by atoms with van der Waals surface area (Å²) in [5.74, 6) is 0.634. The third-order valence-electron chi connectivity index (χ3n) is 1.68. The summed E-state index contributed by atoms with van der Waals surface area (Å²) in [6.07, 6.45) is 0. The molecule has 0 aromatic heterocycles. The summed E-state index contributed by atoms with van der Waals surface area (Å²) < 4.78 is 5.17. The molecule has 0 atom stereocenters. The minimum Gasteiger partial charge on any atom is -0.482 e. The second-order valence-corrected chi connectivity index (χ2v) is 4.14. The molecule has 0 saturated carbocycles. The van der Waals surface area contributed by atoms with E-state index in [0.29, 0.717) is 11.5 Å². The fraction of sp³-hybridized carbons (Fsp3) is 0.700.